The van der Waals surface area contributed by atoms with E-state index in [1.165, 1.54) is 0 Å². The fourth-order valence-electron chi connectivity index (χ4n) is 6.19. The summed E-state index contributed by atoms with van der Waals surface area (Å²) in [6.07, 6.45) is -53.0. The van der Waals surface area contributed by atoms with Crippen molar-refractivity contribution in [2.75, 3.05) is 0 Å². The zero-order valence-corrected chi connectivity index (χ0v) is 81.2. The number of hydrogen-bond donors (Lipinski definition) is 0. The predicted molar refractivity (Wildman–Crippen MR) is 304 cm³/mol. The minimum absolute atomic E-state index is 0. The molecule has 0 aromatic rings. The molecule has 3 rings (SSSR count). The molecule has 0 N–H and O–H groups in total. The molecular formula is C21H66F21Na3O21Si21. The van der Waals surface area contributed by atoms with Crippen LogP contribution in [0.2, 0.25) is 42.3 Å². The molecule has 87 heavy (non-hydrogen) atoms. The molecule has 3 aliphatic heterocycles. The van der Waals surface area contributed by atoms with Crippen molar-refractivity contribution < 1.29 is 272 Å². The standard InChI is InChI=1S/C21H35F21O7Si7.3Na.2H14O7Si7.3H/c22-15(23,24)1-8-53-45-51-43-50-44-52-46-54(9-2-16(25,26)27,10-3-17(28,29)30)48-56(13-6-20(37,38)39,14-7-21(40,41)42)49-55(47-53,11-4-18(31,32)33)12-5-19(34,35)36;;;;2*1-8-2-10-4-12-6-14-7-13-5-11-3-9-1;;;/h53H,1-14,50-52H2;;;;2*8-14H2;;;/q;3*+1;;;3*-1. The van der Waals surface area contributed by atoms with Gasteiger partial charge in [0.05, 0.1) is 0 Å². The van der Waals surface area contributed by atoms with E-state index in [1.54, 1.807) is 0 Å². The maximum absolute atomic E-state index is 13.8. The molecule has 0 radical (unpaired) electrons. The van der Waals surface area contributed by atoms with Crippen LogP contribution in [0.5, 0.6) is 0 Å². The van der Waals surface area contributed by atoms with Crippen LogP contribution in [0.3, 0.4) is 0 Å². The summed E-state index contributed by atoms with van der Waals surface area (Å²) >= 11 is 0. The number of hydrogen-bond acceptors (Lipinski definition) is 21. The second-order valence-corrected chi connectivity index (χ2v) is 62.0. The average Bonchev–Trinajstić information content (AvgIpc) is 3.36. The van der Waals surface area contributed by atoms with E-state index in [4.69, 9.17) is 86.4 Å². The van der Waals surface area contributed by atoms with E-state index >= 15 is 0 Å². The third-order valence-electron chi connectivity index (χ3n) is 9.73. The second-order valence-electron chi connectivity index (χ2n) is 16.9. The summed E-state index contributed by atoms with van der Waals surface area (Å²) in [5.41, 5.74) is 0. The molecule has 0 aromatic carbocycles. The molecule has 3 aliphatic rings. The van der Waals surface area contributed by atoms with Crippen LogP contribution in [-0.2, 0) is 86.4 Å². The van der Waals surface area contributed by atoms with E-state index in [0.29, 0.717) is 0 Å². The molecule has 3 saturated heterocycles. The molecule has 1 atom stereocenters. The first-order valence-corrected chi connectivity index (χ1v) is 52.1. The van der Waals surface area contributed by atoms with E-state index in [9.17, 15) is 92.2 Å². The largest absolute Gasteiger partial charge is 1.00 e. The van der Waals surface area contributed by atoms with Gasteiger partial charge in [-0.1, -0.05) is 0 Å². The van der Waals surface area contributed by atoms with Gasteiger partial charge in [-0.2, -0.15) is 92.2 Å². The van der Waals surface area contributed by atoms with Gasteiger partial charge >= 0.3 is 167 Å². The fraction of sp³-hybridized carbons (Fsp3) is 1.00. The predicted octanol–water partition coefficient (Wildman–Crippen LogP) is -14.1. The molecule has 66 heteroatoms. The SMILES string of the molecule is FC(F)(F)CC[SiH]1O[SiH2]O[SiH2]O[SiH2]O[Si](CCC(F)(F)F)(CCC(F)(F)F)O[Si](CCC(F)(F)F)(CCC(F)(F)F)O[Si](CCC(F)(F)F)(CCC(F)(F)F)O1.O1[SiH2]O[SiH2]O[SiH2]O[SiH2]O[SiH2]O[SiH2]O[SiH2]1.O1[SiH2]O[SiH2]O[SiH2]O[SiH2]O[SiH2]O[SiH2]O[SiH2]1.[H-].[H-].[H-].[Na+].[Na+].[Na+]. The van der Waals surface area contributed by atoms with Crippen LogP contribution < -0.4 is 88.7 Å². The maximum atomic E-state index is 13.8. The summed E-state index contributed by atoms with van der Waals surface area (Å²) in [6.45, 7) is 0. The van der Waals surface area contributed by atoms with Crippen molar-refractivity contribution in [2.45, 2.75) is 130 Å². The minimum Gasteiger partial charge on any atom is -1.00 e. The molecule has 0 spiro atoms. The first-order chi connectivity index (χ1) is 38.9. The number of halogens is 21. The van der Waals surface area contributed by atoms with Gasteiger partial charge in [0, 0.05) is 44.9 Å². The van der Waals surface area contributed by atoms with Gasteiger partial charge < -0.3 is 90.7 Å². The number of alkyl halides is 21. The molecule has 0 amide bonds. The van der Waals surface area contributed by atoms with Crippen LogP contribution >= 0.6 is 0 Å². The van der Waals surface area contributed by atoms with Crippen molar-refractivity contribution in [2.24, 2.45) is 0 Å². The summed E-state index contributed by atoms with van der Waals surface area (Å²) < 4.78 is 398. The Hall–Kier alpha value is 5.24. The molecule has 510 valence electrons. The second kappa shape index (κ2) is 51.4. The third kappa shape index (κ3) is 60.9. The summed E-state index contributed by atoms with van der Waals surface area (Å²) in [5.74, 6) is 0. The molecule has 0 saturated carbocycles. The van der Waals surface area contributed by atoms with E-state index < -0.39 is 336 Å². The van der Waals surface area contributed by atoms with Gasteiger partial charge in [-0.3, -0.25) is 0 Å². The fourth-order valence-corrected chi connectivity index (χ4v) is 59.3. The molecular weight excluding hydrogens is 1650 g/mol. The average molecular weight is 1710 g/mol. The van der Waals surface area contributed by atoms with Gasteiger partial charge in [0.15, 0.2) is 0 Å². The molecule has 0 aliphatic carbocycles. The van der Waals surface area contributed by atoms with Crippen molar-refractivity contribution in [1.82, 2.24) is 0 Å². The van der Waals surface area contributed by atoms with Crippen molar-refractivity contribution in [3.8, 4) is 0 Å². The van der Waals surface area contributed by atoms with E-state index in [2.05, 4.69) is 0 Å². The smallest absolute Gasteiger partial charge is 1.00 e. The Kier molecular flexibility index (Phi) is 57.0. The van der Waals surface area contributed by atoms with E-state index in [-0.39, 0.29) is 93.0 Å². The summed E-state index contributed by atoms with van der Waals surface area (Å²) in [4.78, 5) is 0. The molecule has 0 aromatic heterocycles. The molecule has 21 nitrogen and oxygen atoms in total. The quantitative estimate of drug-likeness (QED) is 0.118. The monoisotopic (exact) mass is 1710 g/mol. The van der Waals surface area contributed by atoms with E-state index in [1.807, 2.05) is 0 Å². The van der Waals surface area contributed by atoms with Crippen LogP contribution in [0, 0.1) is 0 Å². The van der Waals surface area contributed by atoms with Gasteiger partial charge in [-0.05, 0) is 42.3 Å². The summed E-state index contributed by atoms with van der Waals surface area (Å²) in [5, 5.41) is 0. The minimum atomic E-state index is -6.19. The Labute approximate surface area is 601 Å². The summed E-state index contributed by atoms with van der Waals surface area (Å²) in [6, 6.07) is -12.4. The Balaban J connectivity index is -0.000000423. The third-order valence-corrected chi connectivity index (χ3v) is 51.2. The van der Waals surface area contributed by atoms with Crippen molar-refractivity contribution in [3.63, 3.8) is 0 Å². The van der Waals surface area contributed by atoms with Crippen LogP contribution in [0.25, 0.3) is 0 Å². The van der Waals surface area contributed by atoms with Gasteiger partial charge in [0.2, 0.25) is 0 Å². The van der Waals surface area contributed by atoms with Crippen LogP contribution in [0.1, 0.15) is 49.2 Å². The van der Waals surface area contributed by atoms with Crippen LogP contribution in [0.15, 0.2) is 0 Å². The zero-order valence-electron chi connectivity index (χ0n) is 50.0. The molecule has 0 bridgehead atoms. The van der Waals surface area contributed by atoms with Gasteiger partial charge in [-0.15, -0.1) is 0 Å². The van der Waals surface area contributed by atoms with Crippen molar-refractivity contribution in [1.29, 1.82) is 0 Å². The van der Waals surface area contributed by atoms with Crippen molar-refractivity contribution >= 4 is 205 Å². The normalized spacial score (nSPS) is 26.2. The topological polar surface area (TPSA) is 194 Å². The maximum Gasteiger partial charge on any atom is 1.00 e. The Bertz CT molecular complexity index is 1520. The molecule has 1 unspecified atom stereocenters. The number of rotatable bonds is 14. The Morgan fingerprint density at radius 3 is 0.690 bits per heavy atom. The molecule has 3 heterocycles. The first kappa shape index (κ1) is 96.4. The van der Waals surface area contributed by atoms with Crippen LogP contribution in [-0.4, -0.2) is 248 Å². The van der Waals surface area contributed by atoms with E-state index in [0.717, 1.165) is 0 Å². The van der Waals surface area contributed by atoms with Crippen LogP contribution in [0.4, 0.5) is 92.2 Å². The first-order valence-electron chi connectivity index (χ1n) is 24.0. The van der Waals surface area contributed by atoms with Gasteiger partial charge in [0.25, 0.3) is 170 Å². The van der Waals surface area contributed by atoms with Crippen molar-refractivity contribution in [3.05, 3.63) is 0 Å². The Morgan fingerprint density at radius 2 is 0.448 bits per heavy atom. The van der Waals surface area contributed by atoms with Gasteiger partial charge in [0.1, 0.15) is 0 Å². The zero-order chi connectivity index (χ0) is 63.3. The van der Waals surface area contributed by atoms with Gasteiger partial charge in [-0.25, -0.2) is 0 Å². The molecule has 3 fully saturated rings. The Morgan fingerprint density at radius 1 is 0.253 bits per heavy atom. The summed E-state index contributed by atoms with van der Waals surface area (Å²) in [7, 11) is -41.9.